The number of rotatable bonds is 3. The molecule has 1 N–H and O–H groups in total. The first-order chi connectivity index (χ1) is 11.3. The maximum atomic E-state index is 12.3. The molecule has 2 amide bonds. The fourth-order valence-electron chi connectivity index (χ4n) is 3.02. The van der Waals surface area contributed by atoms with Crippen LogP contribution in [0.1, 0.15) is 24.3 Å². The molecular weight excluding hydrogens is 288 g/mol. The Hall–Kier alpha value is -2.49. The monoisotopic (exact) mass is 310 g/mol. The molecule has 0 bridgehead atoms. The summed E-state index contributed by atoms with van der Waals surface area (Å²) in [5, 5.41) is 2.95. The van der Waals surface area contributed by atoms with Gasteiger partial charge < -0.3 is 15.0 Å². The van der Waals surface area contributed by atoms with Gasteiger partial charge >= 0.3 is 6.03 Å². The number of likely N-dealkylation sites (tertiary alicyclic amines) is 1. The van der Waals surface area contributed by atoms with Gasteiger partial charge in [0, 0.05) is 18.8 Å². The molecule has 120 valence electrons. The Labute approximate surface area is 137 Å². The van der Waals surface area contributed by atoms with Crippen LogP contribution in [0.3, 0.4) is 0 Å². The molecule has 0 aliphatic carbocycles. The second kappa shape index (κ2) is 7.18. The van der Waals surface area contributed by atoms with Crippen molar-refractivity contribution in [3.63, 3.8) is 0 Å². The van der Waals surface area contributed by atoms with Gasteiger partial charge in [-0.05, 0) is 48.6 Å². The average Bonchev–Trinajstić information content (AvgIpc) is 2.63. The minimum atomic E-state index is -0.0262. The van der Waals surface area contributed by atoms with Crippen LogP contribution in [0.4, 0.5) is 10.5 Å². The first kappa shape index (κ1) is 15.4. The first-order valence-electron chi connectivity index (χ1n) is 8.01. The molecule has 0 saturated carbocycles. The highest BCUT2D eigenvalue weighted by atomic mass is 16.5. The highest BCUT2D eigenvalue weighted by Gasteiger charge is 2.23. The number of carbonyl (C=O) groups excluding carboxylic acids is 1. The molecule has 1 heterocycles. The van der Waals surface area contributed by atoms with E-state index in [1.165, 1.54) is 5.56 Å². The normalized spacial score (nSPS) is 15.3. The van der Waals surface area contributed by atoms with Gasteiger partial charge in [0.2, 0.25) is 0 Å². The second-order valence-corrected chi connectivity index (χ2v) is 5.83. The smallest absolute Gasteiger partial charge is 0.321 e. The van der Waals surface area contributed by atoms with Crippen molar-refractivity contribution in [2.24, 2.45) is 0 Å². The Morgan fingerprint density at radius 2 is 1.70 bits per heavy atom. The fraction of sp³-hybridized carbons (Fsp3) is 0.316. The van der Waals surface area contributed by atoms with Crippen molar-refractivity contribution in [1.29, 1.82) is 0 Å². The average molecular weight is 310 g/mol. The molecule has 0 aromatic heterocycles. The lowest BCUT2D eigenvalue weighted by Crippen LogP contribution is -2.40. The van der Waals surface area contributed by atoms with Crippen LogP contribution in [0.15, 0.2) is 54.6 Å². The largest absolute Gasteiger partial charge is 0.497 e. The predicted molar refractivity (Wildman–Crippen MR) is 92.0 cm³/mol. The van der Waals surface area contributed by atoms with Gasteiger partial charge in [-0.3, -0.25) is 0 Å². The summed E-state index contributed by atoms with van der Waals surface area (Å²) in [5.41, 5.74) is 2.17. The van der Waals surface area contributed by atoms with Crippen molar-refractivity contribution < 1.29 is 9.53 Å². The fourth-order valence-corrected chi connectivity index (χ4v) is 3.02. The SMILES string of the molecule is COc1ccc(NC(=O)N2CCC(c3ccccc3)CC2)cc1. The van der Waals surface area contributed by atoms with E-state index in [-0.39, 0.29) is 6.03 Å². The lowest BCUT2D eigenvalue weighted by Gasteiger charge is -2.32. The zero-order valence-corrected chi connectivity index (χ0v) is 13.4. The molecule has 0 unspecified atom stereocenters. The molecule has 2 aromatic rings. The molecule has 1 saturated heterocycles. The summed E-state index contributed by atoms with van der Waals surface area (Å²) >= 11 is 0. The molecule has 0 radical (unpaired) electrons. The third kappa shape index (κ3) is 3.83. The van der Waals surface area contributed by atoms with Crippen LogP contribution in [0.25, 0.3) is 0 Å². The van der Waals surface area contributed by atoms with Crippen LogP contribution in [0, 0.1) is 0 Å². The van der Waals surface area contributed by atoms with Gasteiger partial charge in [-0.1, -0.05) is 30.3 Å². The molecule has 3 rings (SSSR count). The van der Waals surface area contributed by atoms with Gasteiger partial charge in [0.15, 0.2) is 0 Å². The summed E-state index contributed by atoms with van der Waals surface area (Å²) in [6.07, 6.45) is 2.03. The zero-order chi connectivity index (χ0) is 16.1. The second-order valence-electron chi connectivity index (χ2n) is 5.83. The molecule has 23 heavy (non-hydrogen) atoms. The van der Waals surface area contributed by atoms with Crippen molar-refractivity contribution >= 4 is 11.7 Å². The van der Waals surface area contributed by atoms with Crippen LogP contribution >= 0.6 is 0 Å². The molecule has 4 nitrogen and oxygen atoms in total. The Kier molecular flexibility index (Phi) is 4.81. The number of urea groups is 1. The van der Waals surface area contributed by atoms with E-state index in [9.17, 15) is 4.79 Å². The number of benzene rings is 2. The molecule has 1 aliphatic heterocycles. The lowest BCUT2D eigenvalue weighted by atomic mass is 9.90. The van der Waals surface area contributed by atoms with Gasteiger partial charge in [-0.25, -0.2) is 4.79 Å². The van der Waals surface area contributed by atoms with Crippen LogP contribution in [-0.4, -0.2) is 31.1 Å². The van der Waals surface area contributed by atoms with E-state index in [4.69, 9.17) is 4.74 Å². The maximum absolute atomic E-state index is 12.3. The van der Waals surface area contributed by atoms with E-state index in [0.29, 0.717) is 5.92 Å². The number of piperidine rings is 1. The van der Waals surface area contributed by atoms with Gasteiger partial charge in [0.1, 0.15) is 5.75 Å². The number of amides is 2. The quantitative estimate of drug-likeness (QED) is 0.927. The number of anilines is 1. The third-order valence-corrected chi connectivity index (χ3v) is 4.39. The van der Waals surface area contributed by atoms with Gasteiger partial charge in [0.05, 0.1) is 7.11 Å². The maximum Gasteiger partial charge on any atom is 0.321 e. The van der Waals surface area contributed by atoms with Crippen LogP contribution < -0.4 is 10.1 Å². The molecule has 0 atom stereocenters. The summed E-state index contributed by atoms with van der Waals surface area (Å²) in [6, 6.07) is 17.9. The standard InChI is InChI=1S/C19H22N2O2/c1-23-18-9-7-17(8-10-18)20-19(22)21-13-11-16(12-14-21)15-5-3-2-4-6-15/h2-10,16H,11-14H2,1H3,(H,20,22). The van der Waals surface area contributed by atoms with Crippen LogP contribution in [0.2, 0.25) is 0 Å². The summed E-state index contributed by atoms with van der Waals surface area (Å²) < 4.78 is 5.12. The van der Waals surface area contributed by atoms with Crippen LogP contribution in [-0.2, 0) is 0 Å². The molecule has 1 aliphatic rings. The van der Waals surface area contributed by atoms with Gasteiger partial charge in [-0.15, -0.1) is 0 Å². The Bertz CT molecular complexity index is 632. The van der Waals surface area contributed by atoms with Crippen molar-refractivity contribution in [3.8, 4) is 5.75 Å². The number of nitrogens with one attached hydrogen (secondary N) is 1. The number of carbonyl (C=O) groups is 1. The minimum absolute atomic E-state index is 0.0262. The summed E-state index contributed by atoms with van der Waals surface area (Å²) in [5.74, 6) is 1.34. The van der Waals surface area contributed by atoms with E-state index in [1.807, 2.05) is 35.2 Å². The Morgan fingerprint density at radius 3 is 2.30 bits per heavy atom. The summed E-state index contributed by atoms with van der Waals surface area (Å²) in [4.78, 5) is 14.2. The lowest BCUT2D eigenvalue weighted by molar-refractivity contribution is 0.194. The van der Waals surface area contributed by atoms with Gasteiger partial charge in [-0.2, -0.15) is 0 Å². The van der Waals surface area contributed by atoms with Crippen molar-refractivity contribution in [2.75, 3.05) is 25.5 Å². The van der Waals surface area contributed by atoms with E-state index >= 15 is 0 Å². The summed E-state index contributed by atoms with van der Waals surface area (Å²) in [6.45, 7) is 1.59. The molecule has 0 spiro atoms. The third-order valence-electron chi connectivity index (χ3n) is 4.39. The summed E-state index contributed by atoms with van der Waals surface area (Å²) in [7, 11) is 1.63. The zero-order valence-electron chi connectivity index (χ0n) is 13.4. The topological polar surface area (TPSA) is 41.6 Å². The van der Waals surface area contributed by atoms with Crippen molar-refractivity contribution in [2.45, 2.75) is 18.8 Å². The Morgan fingerprint density at radius 1 is 1.04 bits per heavy atom. The van der Waals surface area contributed by atoms with E-state index in [1.54, 1.807) is 7.11 Å². The number of hydrogen-bond acceptors (Lipinski definition) is 2. The molecular formula is C19H22N2O2. The predicted octanol–water partition coefficient (Wildman–Crippen LogP) is 4.11. The Balaban J connectivity index is 1.53. The number of methoxy groups -OCH3 is 1. The number of ether oxygens (including phenoxy) is 1. The van der Waals surface area contributed by atoms with Crippen molar-refractivity contribution in [1.82, 2.24) is 4.90 Å². The van der Waals surface area contributed by atoms with Crippen molar-refractivity contribution in [3.05, 3.63) is 60.2 Å². The number of nitrogens with zero attached hydrogens (tertiary/aromatic N) is 1. The molecule has 4 heteroatoms. The molecule has 1 fully saturated rings. The van der Waals surface area contributed by atoms with E-state index < -0.39 is 0 Å². The number of hydrogen-bond donors (Lipinski definition) is 1. The van der Waals surface area contributed by atoms with E-state index in [0.717, 1.165) is 37.4 Å². The van der Waals surface area contributed by atoms with Gasteiger partial charge in [0.25, 0.3) is 0 Å². The minimum Gasteiger partial charge on any atom is -0.497 e. The first-order valence-corrected chi connectivity index (χ1v) is 8.01. The highest BCUT2D eigenvalue weighted by molar-refractivity contribution is 5.89. The highest BCUT2D eigenvalue weighted by Crippen LogP contribution is 2.28. The van der Waals surface area contributed by atoms with E-state index in [2.05, 4.69) is 29.6 Å². The van der Waals surface area contributed by atoms with Crippen LogP contribution in [0.5, 0.6) is 5.75 Å². The molecule has 2 aromatic carbocycles.